The van der Waals surface area contributed by atoms with Crippen LogP contribution in [0.15, 0.2) is 90.3 Å². The van der Waals surface area contributed by atoms with Crippen molar-refractivity contribution in [3.63, 3.8) is 0 Å². The maximum Gasteiger partial charge on any atom is 0.264 e. The van der Waals surface area contributed by atoms with Gasteiger partial charge in [-0.1, -0.05) is 18.2 Å². The van der Waals surface area contributed by atoms with Crippen molar-refractivity contribution in [1.82, 2.24) is 19.9 Å². The van der Waals surface area contributed by atoms with Crippen LogP contribution in [-0.4, -0.2) is 40.4 Å². The summed E-state index contributed by atoms with van der Waals surface area (Å²) in [5.41, 5.74) is 7.48. The van der Waals surface area contributed by atoms with Gasteiger partial charge < -0.3 is 15.8 Å². The van der Waals surface area contributed by atoms with Crippen molar-refractivity contribution in [2.24, 2.45) is 5.73 Å². The first-order valence-corrected chi connectivity index (χ1v) is 15.0. The Labute approximate surface area is 242 Å². The number of hydrogen-bond donors (Lipinski definition) is 3. The Morgan fingerprint density at radius 1 is 0.905 bits per heavy atom. The average Bonchev–Trinajstić information content (AvgIpc) is 2.99. The van der Waals surface area contributed by atoms with E-state index in [4.69, 9.17) is 10.5 Å². The maximum atomic E-state index is 15.2. The Kier molecular flexibility index (Phi) is 7.64. The minimum atomic E-state index is -4.04. The molecule has 0 unspecified atom stereocenters. The third kappa shape index (κ3) is 5.99. The molecule has 1 aliphatic carbocycles. The summed E-state index contributed by atoms with van der Waals surface area (Å²) in [6, 6.07) is 16.0. The summed E-state index contributed by atoms with van der Waals surface area (Å²) in [5, 5.41) is 4.05. The van der Waals surface area contributed by atoms with Crippen LogP contribution in [0.5, 0.6) is 11.5 Å². The number of sulfonamides is 1. The van der Waals surface area contributed by atoms with E-state index in [0.29, 0.717) is 33.9 Å². The van der Waals surface area contributed by atoms with Gasteiger partial charge in [0.1, 0.15) is 10.6 Å². The van der Waals surface area contributed by atoms with Gasteiger partial charge >= 0.3 is 0 Å². The average molecular weight is 586 g/mol. The van der Waals surface area contributed by atoms with E-state index in [1.807, 2.05) is 0 Å². The number of benzene rings is 2. The van der Waals surface area contributed by atoms with Crippen molar-refractivity contribution in [3.8, 4) is 22.8 Å². The van der Waals surface area contributed by atoms with Crippen molar-refractivity contribution < 1.29 is 17.5 Å². The molecule has 0 atom stereocenters. The number of nitrogens with zero attached hydrogens (tertiary/aromatic N) is 4. The zero-order chi connectivity index (χ0) is 29.1. The molecule has 0 amide bonds. The predicted molar refractivity (Wildman–Crippen MR) is 158 cm³/mol. The zero-order valence-corrected chi connectivity index (χ0v) is 23.3. The van der Waals surface area contributed by atoms with Gasteiger partial charge in [-0.05, 0) is 62.1 Å². The van der Waals surface area contributed by atoms with Gasteiger partial charge in [0.2, 0.25) is 5.95 Å². The molecule has 1 fully saturated rings. The van der Waals surface area contributed by atoms with Crippen LogP contribution in [0.25, 0.3) is 22.2 Å². The lowest BCUT2D eigenvalue weighted by molar-refractivity contribution is 0.410. The molecule has 1 aliphatic rings. The van der Waals surface area contributed by atoms with Gasteiger partial charge in [0.15, 0.2) is 11.6 Å². The summed E-state index contributed by atoms with van der Waals surface area (Å²) in [5.74, 6) is -0.0444. The second-order valence-corrected chi connectivity index (χ2v) is 11.7. The van der Waals surface area contributed by atoms with Crippen LogP contribution in [0.3, 0.4) is 0 Å². The van der Waals surface area contributed by atoms with Crippen LogP contribution in [0.2, 0.25) is 0 Å². The zero-order valence-electron chi connectivity index (χ0n) is 22.4. The largest absolute Gasteiger partial charge is 0.453 e. The monoisotopic (exact) mass is 585 g/mol. The number of halogens is 1. The smallest absolute Gasteiger partial charge is 0.264 e. The lowest BCUT2D eigenvalue weighted by Gasteiger charge is -2.26. The van der Waals surface area contributed by atoms with Crippen molar-refractivity contribution in [2.75, 3.05) is 10.0 Å². The van der Waals surface area contributed by atoms with Crippen molar-refractivity contribution in [3.05, 3.63) is 91.3 Å². The van der Waals surface area contributed by atoms with E-state index in [-0.39, 0.29) is 28.4 Å². The molecule has 0 saturated heterocycles. The van der Waals surface area contributed by atoms with Gasteiger partial charge in [0, 0.05) is 48.3 Å². The van der Waals surface area contributed by atoms with E-state index in [0.717, 1.165) is 31.7 Å². The molecular weight excluding hydrogens is 557 g/mol. The number of aromatic nitrogens is 4. The highest BCUT2D eigenvalue weighted by Crippen LogP contribution is 2.34. The van der Waals surface area contributed by atoms with Gasteiger partial charge in [-0.25, -0.2) is 22.8 Å². The standard InChI is InChI=1S/C30H28FN7O3S/c31-24-17-22(38-42(39,40)28-5-1-3-19-4-2-14-34-29(19)28)10-11-27(24)41-26-13-15-33-18-23(26)25-12-16-35-30(37-25)36-21-8-6-20(32)7-9-21/h1-5,10-18,20-21,38H,6-9,32H2,(H,35,36,37). The number of nitrogens with one attached hydrogen (secondary N) is 2. The van der Waals surface area contributed by atoms with Crippen LogP contribution in [-0.2, 0) is 10.0 Å². The summed E-state index contributed by atoms with van der Waals surface area (Å²) >= 11 is 0. The molecule has 5 aromatic rings. The number of ether oxygens (including phenoxy) is 1. The van der Waals surface area contributed by atoms with Gasteiger partial charge in [-0.3, -0.25) is 14.7 Å². The minimum Gasteiger partial charge on any atom is -0.453 e. The van der Waals surface area contributed by atoms with E-state index >= 15 is 4.39 Å². The predicted octanol–water partition coefficient (Wildman–Crippen LogP) is 5.50. The quantitative estimate of drug-likeness (QED) is 0.215. The molecular formula is C30H28FN7O3S. The molecule has 2 aromatic carbocycles. The molecule has 42 heavy (non-hydrogen) atoms. The normalized spacial score (nSPS) is 17.1. The van der Waals surface area contributed by atoms with Crippen LogP contribution >= 0.6 is 0 Å². The first-order chi connectivity index (χ1) is 20.4. The molecule has 214 valence electrons. The molecule has 0 aliphatic heterocycles. The molecule has 4 N–H and O–H groups in total. The van der Waals surface area contributed by atoms with Crippen LogP contribution in [0.1, 0.15) is 25.7 Å². The molecule has 3 heterocycles. The third-order valence-corrected chi connectivity index (χ3v) is 8.52. The van der Waals surface area contributed by atoms with E-state index in [2.05, 4.69) is 30.0 Å². The van der Waals surface area contributed by atoms with E-state index in [1.54, 1.807) is 48.8 Å². The van der Waals surface area contributed by atoms with Crippen molar-refractivity contribution in [1.29, 1.82) is 0 Å². The molecule has 1 saturated carbocycles. The molecule has 0 spiro atoms. The minimum absolute atomic E-state index is 0.00599. The molecule has 12 heteroatoms. The molecule has 10 nitrogen and oxygen atoms in total. The summed E-state index contributed by atoms with van der Waals surface area (Å²) in [6.07, 6.45) is 10.1. The third-order valence-electron chi connectivity index (χ3n) is 7.11. The fraction of sp³-hybridized carbons (Fsp3) is 0.200. The van der Waals surface area contributed by atoms with Gasteiger partial charge in [0.05, 0.1) is 22.5 Å². The highest BCUT2D eigenvalue weighted by molar-refractivity contribution is 7.93. The Morgan fingerprint density at radius 3 is 2.57 bits per heavy atom. The van der Waals surface area contributed by atoms with E-state index in [9.17, 15) is 8.42 Å². The Bertz CT molecular complexity index is 1840. The second-order valence-electron chi connectivity index (χ2n) is 10.1. The topological polar surface area (TPSA) is 145 Å². The molecule has 0 radical (unpaired) electrons. The second kappa shape index (κ2) is 11.7. The summed E-state index contributed by atoms with van der Waals surface area (Å²) < 4.78 is 49.9. The summed E-state index contributed by atoms with van der Waals surface area (Å²) in [4.78, 5) is 17.4. The van der Waals surface area contributed by atoms with E-state index < -0.39 is 15.8 Å². The molecule has 0 bridgehead atoms. The lowest BCUT2D eigenvalue weighted by Crippen LogP contribution is -2.33. The highest BCUT2D eigenvalue weighted by Gasteiger charge is 2.21. The SMILES string of the molecule is NC1CCC(Nc2nccc(-c3cnccc3Oc3ccc(NS(=O)(=O)c4cccc5cccnc45)cc3F)n2)CC1. The Morgan fingerprint density at radius 2 is 1.74 bits per heavy atom. The van der Waals surface area contributed by atoms with E-state index in [1.165, 1.54) is 30.6 Å². The van der Waals surface area contributed by atoms with Crippen LogP contribution in [0.4, 0.5) is 16.0 Å². The number of nitrogens with two attached hydrogens (primary N) is 1. The maximum absolute atomic E-state index is 15.2. The fourth-order valence-electron chi connectivity index (χ4n) is 4.96. The molecule has 3 aromatic heterocycles. The first-order valence-electron chi connectivity index (χ1n) is 13.5. The number of hydrogen-bond acceptors (Lipinski definition) is 9. The number of para-hydroxylation sites is 1. The number of anilines is 2. The first kappa shape index (κ1) is 27.5. The van der Waals surface area contributed by atoms with Crippen LogP contribution in [0, 0.1) is 5.82 Å². The highest BCUT2D eigenvalue weighted by atomic mass is 32.2. The summed E-state index contributed by atoms with van der Waals surface area (Å²) in [7, 11) is -4.04. The number of rotatable bonds is 8. The number of pyridine rings is 2. The fourth-order valence-corrected chi connectivity index (χ4v) is 6.19. The van der Waals surface area contributed by atoms with Crippen molar-refractivity contribution >= 4 is 32.6 Å². The summed E-state index contributed by atoms with van der Waals surface area (Å²) in [6.45, 7) is 0. The number of fused-ring (bicyclic) bond motifs is 1. The Balaban J connectivity index is 1.21. The van der Waals surface area contributed by atoms with Gasteiger partial charge in [0.25, 0.3) is 10.0 Å². The van der Waals surface area contributed by atoms with Gasteiger partial charge in [-0.2, -0.15) is 0 Å². The molecule has 6 rings (SSSR count). The lowest BCUT2D eigenvalue weighted by atomic mass is 9.92. The van der Waals surface area contributed by atoms with Crippen LogP contribution < -0.4 is 20.5 Å². The Hall–Kier alpha value is -4.68. The van der Waals surface area contributed by atoms with Gasteiger partial charge in [-0.15, -0.1) is 0 Å². The van der Waals surface area contributed by atoms with Crippen molar-refractivity contribution in [2.45, 2.75) is 42.7 Å².